The van der Waals surface area contributed by atoms with Crippen LogP contribution in [0, 0.1) is 0 Å². The van der Waals surface area contributed by atoms with Gasteiger partial charge in [-0.1, -0.05) is 6.92 Å². The third-order valence-corrected chi connectivity index (χ3v) is 6.09. The van der Waals surface area contributed by atoms with Crippen LogP contribution in [0.15, 0.2) is 0 Å². The topological polar surface area (TPSA) is 89.3 Å². The van der Waals surface area contributed by atoms with Gasteiger partial charge in [0.25, 0.3) is 10.2 Å². The maximum atomic E-state index is 12.8. The van der Waals surface area contributed by atoms with Crippen LogP contribution in [0.4, 0.5) is 0 Å². The minimum absolute atomic E-state index is 0.0931. The lowest BCUT2D eigenvalue weighted by Crippen LogP contribution is -2.54. The van der Waals surface area contributed by atoms with E-state index in [4.69, 9.17) is 4.74 Å². The highest BCUT2D eigenvalue weighted by atomic mass is 32.2. The van der Waals surface area contributed by atoms with Gasteiger partial charge >= 0.3 is 0 Å². The summed E-state index contributed by atoms with van der Waals surface area (Å²) < 4.78 is 37.3. The second-order valence-corrected chi connectivity index (χ2v) is 8.00. The molecule has 0 aliphatic carbocycles. The van der Waals surface area contributed by atoms with Crippen LogP contribution >= 0.6 is 0 Å². The highest BCUT2D eigenvalue weighted by Crippen LogP contribution is 2.25. The van der Waals surface area contributed by atoms with Gasteiger partial charge in [0.1, 0.15) is 5.82 Å². The molecule has 2 aliphatic heterocycles. The number of hydrogen-bond acceptors (Lipinski definition) is 5. The van der Waals surface area contributed by atoms with Crippen molar-refractivity contribution in [2.24, 2.45) is 0 Å². The first kappa shape index (κ1) is 16.8. The maximum absolute atomic E-state index is 12.8. The van der Waals surface area contributed by atoms with Gasteiger partial charge in [-0.05, 0) is 26.7 Å². The number of morpholine rings is 1. The van der Waals surface area contributed by atoms with E-state index < -0.39 is 10.2 Å². The molecule has 1 N–H and O–H groups in total. The minimum atomic E-state index is -3.58. The molecule has 23 heavy (non-hydrogen) atoms. The van der Waals surface area contributed by atoms with Gasteiger partial charge < -0.3 is 4.74 Å². The molecule has 0 saturated carbocycles. The van der Waals surface area contributed by atoms with E-state index in [-0.39, 0.29) is 18.2 Å². The Kier molecular flexibility index (Phi) is 4.73. The third kappa shape index (κ3) is 3.42. The van der Waals surface area contributed by atoms with Gasteiger partial charge in [-0.2, -0.15) is 22.5 Å². The molecule has 0 aromatic carbocycles. The number of nitrogens with zero attached hydrogens (tertiary/aromatic N) is 4. The van der Waals surface area contributed by atoms with Gasteiger partial charge in [-0.3, -0.25) is 0 Å². The summed E-state index contributed by atoms with van der Waals surface area (Å²) in [6.07, 6.45) is 2.29. The number of nitrogens with one attached hydrogen (secondary N) is 1. The number of rotatable bonds is 4. The minimum Gasteiger partial charge on any atom is -0.375 e. The first-order valence-corrected chi connectivity index (χ1v) is 9.69. The predicted molar refractivity (Wildman–Crippen MR) is 85.0 cm³/mol. The van der Waals surface area contributed by atoms with E-state index in [1.165, 1.54) is 4.31 Å². The Morgan fingerprint density at radius 3 is 2.91 bits per heavy atom. The third-order valence-electron chi connectivity index (χ3n) is 4.39. The number of hydrogen-bond donors (Lipinski definition) is 1. The number of aromatic nitrogens is 3. The quantitative estimate of drug-likeness (QED) is 0.866. The molecule has 1 aromatic heterocycles. The van der Waals surface area contributed by atoms with Crippen molar-refractivity contribution in [1.29, 1.82) is 0 Å². The van der Waals surface area contributed by atoms with Gasteiger partial charge in [0.2, 0.25) is 0 Å². The fourth-order valence-corrected chi connectivity index (χ4v) is 4.78. The summed E-state index contributed by atoms with van der Waals surface area (Å²) in [4.78, 5) is 4.50. The summed E-state index contributed by atoms with van der Waals surface area (Å²) in [5.41, 5.74) is 0. The smallest absolute Gasteiger partial charge is 0.280 e. The van der Waals surface area contributed by atoms with Crippen molar-refractivity contribution < 1.29 is 13.2 Å². The lowest BCUT2D eigenvalue weighted by atomic mass is 10.1. The normalized spacial score (nSPS) is 29.4. The highest BCUT2D eigenvalue weighted by molar-refractivity contribution is 7.87. The summed E-state index contributed by atoms with van der Waals surface area (Å²) in [7, 11) is -3.58. The molecule has 1 aromatic rings. The zero-order valence-electron chi connectivity index (χ0n) is 13.9. The molecule has 0 amide bonds. The van der Waals surface area contributed by atoms with Crippen molar-refractivity contribution in [3.05, 3.63) is 11.6 Å². The average molecular weight is 343 g/mol. The fraction of sp³-hybridized carbons (Fsp3) is 0.857. The number of ether oxygens (including phenoxy) is 1. The van der Waals surface area contributed by atoms with Crippen LogP contribution in [0.5, 0.6) is 0 Å². The number of aryl methyl sites for hydroxylation is 2. The summed E-state index contributed by atoms with van der Waals surface area (Å²) >= 11 is 0. The van der Waals surface area contributed by atoms with Gasteiger partial charge in [-0.25, -0.2) is 9.67 Å². The molecule has 3 rings (SSSR count). The molecular weight excluding hydrogens is 318 g/mol. The van der Waals surface area contributed by atoms with E-state index in [0.717, 1.165) is 37.5 Å². The van der Waals surface area contributed by atoms with E-state index in [1.807, 2.05) is 25.5 Å². The second-order valence-electron chi connectivity index (χ2n) is 6.34. The standard InChI is InChI=1S/C14H25N5O3S/c1-4-13-15-14-12(6-5-7-18(14)16-13)17-23(20,21)19-8-11(3)22-9-10(19)2/h10-12,17H,4-9H2,1-3H3. The molecule has 9 heteroatoms. The van der Waals surface area contributed by atoms with Crippen molar-refractivity contribution in [2.75, 3.05) is 13.2 Å². The Morgan fingerprint density at radius 2 is 2.17 bits per heavy atom. The van der Waals surface area contributed by atoms with Crippen LogP contribution in [0.3, 0.4) is 0 Å². The first-order chi connectivity index (χ1) is 10.9. The van der Waals surface area contributed by atoms with E-state index in [1.54, 1.807) is 0 Å². The molecule has 2 aliphatic rings. The molecule has 1 fully saturated rings. The largest absolute Gasteiger partial charge is 0.375 e. The van der Waals surface area contributed by atoms with Crippen molar-refractivity contribution in [3.63, 3.8) is 0 Å². The van der Waals surface area contributed by atoms with Crippen molar-refractivity contribution in [2.45, 2.75) is 64.8 Å². The van der Waals surface area contributed by atoms with E-state index in [0.29, 0.717) is 13.2 Å². The molecule has 0 spiro atoms. The van der Waals surface area contributed by atoms with Crippen LogP contribution < -0.4 is 4.72 Å². The van der Waals surface area contributed by atoms with Crippen LogP contribution in [0.25, 0.3) is 0 Å². The van der Waals surface area contributed by atoms with Crippen molar-refractivity contribution in [1.82, 2.24) is 23.8 Å². The van der Waals surface area contributed by atoms with Crippen molar-refractivity contribution in [3.8, 4) is 0 Å². The Morgan fingerprint density at radius 1 is 1.39 bits per heavy atom. The maximum Gasteiger partial charge on any atom is 0.280 e. The van der Waals surface area contributed by atoms with Crippen LogP contribution in [-0.2, 0) is 27.9 Å². The van der Waals surface area contributed by atoms with E-state index >= 15 is 0 Å². The van der Waals surface area contributed by atoms with E-state index in [9.17, 15) is 8.42 Å². The Labute approximate surface area is 137 Å². The van der Waals surface area contributed by atoms with Gasteiger partial charge in [0.15, 0.2) is 5.82 Å². The average Bonchev–Trinajstić information content (AvgIpc) is 2.93. The predicted octanol–water partition coefficient (Wildman–Crippen LogP) is 0.619. The summed E-state index contributed by atoms with van der Waals surface area (Å²) in [5.74, 6) is 1.49. The molecule has 0 bridgehead atoms. The van der Waals surface area contributed by atoms with Gasteiger partial charge in [0.05, 0.1) is 18.8 Å². The van der Waals surface area contributed by atoms with Crippen LogP contribution in [0.2, 0.25) is 0 Å². The summed E-state index contributed by atoms with van der Waals surface area (Å²) in [6.45, 7) is 7.34. The van der Waals surface area contributed by atoms with Crippen LogP contribution in [0.1, 0.15) is 51.3 Å². The van der Waals surface area contributed by atoms with Gasteiger partial charge in [-0.15, -0.1) is 0 Å². The van der Waals surface area contributed by atoms with Crippen molar-refractivity contribution >= 4 is 10.2 Å². The molecule has 3 heterocycles. The second kappa shape index (κ2) is 6.46. The first-order valence-electron chi connectivity index (χ1n) is 8.25. The lowest BCUT2D eigenvalue weighted by molar-refractivity contribution is -0.0176. The fourth-order valence-electron chi connectivity index (χ4n) is 3.12. The lowest BCUT2D eigenvalue weighted by Gasteiger charge is -2.36. The Balaban J connectivity index is 1.80. The SMILES string of the molecule is CCc1nc2n(n1)CCCC2NS(=O)(=O)N1CC(C)OCC1C. The molecule has 3 unspecified atom stereocenters. The summed E-state index contributed by atoms with van der Waals surface area (Å²) in [5, 5.41) is 4.43. The molecular formula is C14H25N5O3S. The Hall–Kier alpha value is -1.03. The monoisotopic (exact) mass is 343 g/mol. The summed E-state index contributed by atoms with van der Waals surface area (Å²) in [6, 6.07) is -0.483. The molecule has 8 nitrogen and oxygen atoms in total. The molecule has 0 radical (unpaired) electrons. The highest BCUT2D eigenvalue weighted by Gasteiger charge is 2.36. The van der Waals surface area contributed by atoms with E-state index in [2.05, 4.69) is 14.8 Å². The number of fused-ring (bicyclic) bond motifs is 1. The zero-order valence-corrected chi connectivity index (χ0v) is 14.7. The molecule has 1 saturated heterocycles. The van der Waals surface area contributed by atoms with Crippen LogP contribution in [-0.4, -0.2) is 52.8 Å². The van der Waals surface area contributed by atoms with Gasteiger partial charge in [0, 0.05) is 25.6 Å². The zero-order chi connectivity index (χ0) is 16.6. The molecule has 3 atom stereocenters. The Bertz CT molecular complexity index is 659. The molecule has 130 valence electrons.